The first-order valence-corrected chi connectivity index (χ1v) is 14.1. The second-order valence-corrected chi connectivity index (χ2v) is 11.7. The number of carbonyl (C=O) groups excluding carboxylic acids is 1. The number of fused-ring (bicyclic) bond motifs is 3. The van der Waals surface area contributed by atoms with Crippen LogP contribution in [-0.2, 0) is 21.4 Å². The van der Waals surface area contributed by atoms with Crippen LogP contribution >= 0.6 is 23.1 Å². The lowest BCUT2D eigenvalue weighted by atomic mass is 9.97. The summed E-state index contributed by atoms with van der Waals surface area (Å²) in [7, 11) is -3.59. The summed E-state index contributed by atoms with van der Waals surface area (Å²) >= 11 is 2.84. The molecule has 2 aliphatic rings. The summed E-state index contributed by atoms with van der Waals surface area (Å²) in [4.78, 5) is 19.6. The van der Waals surface area contributed by atoms with Crippen molar-refractivity contribution in [1.29, 1.82) is 0 Å². The number of aromatic nitrogens is 1. The molecule has 5 rings (SSSR count). The van der Waals surface area contributed by atoms with Gasteiger partial charge in [-0.05, 0) is 43.4 Å². The number of hydrogen-bond acceptors (Lipinski definition) is 7. The van der Waals surface area contributed by atoms with Crippen molar-refractivity contribution < 1.29 is 17.9 Å². The minimum atomic E-state index is -3.59. The van der Waals surface area contributed by atoms with Gasteiger partial charge in [-0.1, -0.05) is 35.6 Å². The normalized spacial score (nSPS) is 16.5. The van der Waals surface area contributed by atoms with E-state index in [0.717, 1.165) is 26.8 Å². The van der Waals surface area contributed by atoms with Gasteiger partial charge in [-0.2, -0.15) is 4.31 Å². The van der Waals surface area contributed by atoms with Crippen LogP contribution in [0.2, 0.25) is 0 Å². The molecule has 0 bridgehead atoms. The largest absolute Gasteiger partial charge is 0.487 e. The van der Waals surface area contributed by atoms with E-state index in [1.54, 1.807) is 12.1 Å². The van der Waals surface area contributed by atoms with Crippen molar-refractivity contribution in [1.82, 2.24) is 9.29 Å². The van der Waals surface area contributed by atoms with Crippen LogP contribution in [0.5, 0.6) is 5.75 Å². The Kier molecular flexibility index (Phi) is 6.17. The zero-order valence-electron chi connectivity index (χ0n) is 18.0. The predicted octanol–water partition coefficient (Wildman–Crippen LogP) is 4.46. The van der Waals surface area contributed by atoms with Gasteiger partial charge in [-0.3, -0.25) is 4.79 Å². The highest BCUT2D eigenvalue weighted by atomic mass is 32.2. The lowest BCUT2D eigenvalue weighted by Crippen LogP contribution is -2.41. The Hall–Kier alpha value is -2.40. The second-order valence-electron chi connectivity index (χ2n) is 7.89. The van der Waals surface area contributed by atoms with E-state index in [9.17, 15) is 13.2 Å². The number of rotatable bonds is 5. The van der Waals surface area contributed by atoms with Crippen molar-refractivity contribution in [3.63, 3.8) is 0 Å². The molecule has 0 saturated carbocycles. The molecule has 1 amide bonds. The molecule has 1 N–H and O–H groups in total. The summed E-state index contributed by atoms with van der Waals surface area (Å²) in [5.41, 5.74) is 1.78. The van der Waals surface area contributed by atoms with Crippen molar-refractivity contribution in [2.24, 2.45) is 5.92 Å². The molecule has 0 spiro atoms. The highest BCUT2D eigenvalue weighted by Gasteiger charge is 2.33. The zero-order valence-corrected chi connectivity index (χ0v) is 20.4. The Balaban J connectivity index is 1.25. The molecule has 3 heterocycles. The Bertz CT molecular complexity index is 1300. The average molecular weight is 502 g/mol. The number of anilines is 1. The third kappa shape index (κ3) is 4.28. The molecular formula is C23H23N3O4S3. The zero-order chi connectivity index (χ0) is 23.0. The summed E-state index contributed by atoms with van der Waals surface area (Å²) in [6.07, 6.45) is 2.82. The maximum atomic E-state index is 13.1. The van der Waals surface area contributed by atoms with Gasteiger partial charge >= 0.3 is 0 Å². The molecule has 2 aliphatic heterocycles. The van der Waals surface area contributed by atoms with E-state index in [2.05, 4.69) is 10.3 Å². The molecule has 1 fully saturated rings. The van der Waals surface area contributed by atoms with Crippen molar-refractivity contribution in [3.05, 3.63) is 53.4 Å². The Morgan fingerprint density at radius 3 is 2.67 bits per heavy atom. The van der Waals surface area contributed by atoms with Gasteiger partial charge in [0, 0.05) is 29.5 Å². The van der Waals surface area contributed by atoms with Gasteiger partial charge in [0.25, 0.3) is 0 Å². The minimum absolute atomic E-state index is 0.114. The maximum Gasteiger partial charge on any atom is 0.244 e. The first kappa shape index (κ1) is 22.4. The van der Waals surface area contributed by atoms with Gasteiger partial charge in [0.1, 0.15) is 12.4 Å². The Labute approximate surface area is 201 Å². The van der Waals surface area contributed by atoms with E-state index in [0.29, 0.717) is 42.6 Å². The van der Waals surface area contributed by atoms with E-state index in [-0.39, 0.29) is 11.8 Å². The van der Waals surface area contributed by atoms with Crippen LogP contribution in [0.25, 0.3) is 11.3 Å². The minimum Gasteiger partial charge on any atom is -0.487 e. The molecule has 172 valence electrons. The number of nitrogens with one attached hydrogen (secondary N) is 1. The molecule has 3 aromatic rings. The van der Waals surface area contributed by atoms with Crippen LogP contribution in [0.1, 0.15) is 17.7 Å². The lowest BCUT2D eigenvalue weighted by Gasteiger charge is -2.30. The van der Waals surface area contributed by atoms with Crippen molar-refractivity contribution in [3.8, 4) is 17.0 Å². The first-order valence-electron chi connectivity index (χ1n) is 10.6. The molecular weight excluding hydrogens is 478 g/mol. The molecule has 10 heteroatoms. The predicted molar refractivity (Wildman–Crippen MR) is 130 cm³/mol. The van der Waals surface area contributed by atoms with Crippen LogP contribution in [0.3, 0.4) is 0 Å². The fourth-order valence-corrected chi connectivity index (χ4v) is 7.67. The number of piperidine rings is 1. The smallest absolute Gasteiger partial charge is 0.244 e. The van der Waals surface area contributed by atoms with E-state index < -0.39 is 10.0 Å². The Morgan fingerprint density at radius 2 is 1.88 bits per heavy atom. The van der Waals surface area contributed by atoms with Crippen molar-refractivity contribution >= 4 is 44.2 Å². The van der Waals surface area contributed by atoms with Crippen LogP contribution in [-0.4, -0.2) is 43.0 Å². The average Bonchev–Trinajstić information content (AvgIpc) is 3.27. The van der Waals surface area contributed by atoms with Crippen LogP contribution in [0.4, 0.5) is 5.13 Å². The number of ether oxygens (including phenoxy) is 1. The summed E-state index contributed by atoms with van der Waals surface area (Å²) < 4.78 is 33.5. The van der Waals surface area contributed by atoms with Crippen molar-refractivity contribution in [2.45, 2.75) is 29.2 Å². The van der Waals surface area contributed by atoms with Gasteiger partial charge < -0.3 is 10.1 Å². The molecule has 0 radical (unpaired) electrons. The summed E-state index contributed by atoms with van der Waals surface area (Å²) in [6.45, 7) is 1.07. The Morgan fingerprint density at radius 1 is 1.15 bits per heavy atom. The fourth-order valence-electron chi connectivity index (χ4n) is 4.18. The molecule has 1 saturated heterocycles. The quantitative estimate of drug-likeness (QED) is 0.519. The van der Waals surface area contributed by atoms with Crippen molar-refractivity contribution in [2.75, 3.05) is 24.7 Å². The summed E-state index contributed by atoms with van der Waals surface area (Å²) in [5.74, 6) is 0.429. The lowest BCUT2D eigenvalue weighted by molar-refractivity contribution is -0.120. The molecule has 1 aromatic heterocycles. The third-order valence-electron chi connectivity index (χ3n) is 5.94. The van der Waals surface area contributed by atoms with E-state index in [1.165, 1.54) is 27.4 Å². The number of amides is 1. The highest BCUT2D eigenvalue weighted by molar-refractivity contribution is 7.99. The highest BCUT2D eigenvalue weighted by Crippen LogP contribution is 2.41. The van der Waals surface area contributed by atoms with E-state index >= 15 is 0 Å². The summed E-state index contributed by atoms with van der Waals surface area (Å²) in [6, 6.07) is 14.8. The monoisotopic (exact) mass is 501 g/mol. The van der Waals surface area contributed by atoms with Gasteiger partial charge in [-0.15, -0.1) is 11.8 Å². The second kappa shape index (κ2) is 9.09. The number of benzene rings is 2. The van der Waals surface area contributed by atoms with Crippen LogP contribution < -0.4 is 10.1 Å². The molecule has 0 aliphatic carbocycles. The first-order chi connectivity index (χ1) is 16.0. The fraction of sp³-hybridized carbons (Fsp3) is 0.304. The number of para-hydroxylation sites is 1. The molecule has 0 atom stereocenters. The van der Waals surface area contributed by atoms with Gasteiger partial charge in [0.15, 0.2) is 5.13 Å². The SMILES string of the molecule is CSc1ccccc1S(=O)(=O)N1CCC(C(=O)Nc2nc3c(s2)COc2ccccc2-3)CC1. The van der Waals surface area contributed by atoms with Crippen LogP contribution in [0, 0.1) is 5.92 Å². The molecule has 0 unspecified atom stereocenters. The standard InChI is InChI=1S/C23H23N3O4S3/c1-31-18-8-4-5-9-20(18)33(28,29)26-12-10-15(11-13-26)22(27)25-23-24-21-16-6-2-3-7-17(16)30-14-19(21)32-23/h2-9,15H,10-14H2,1H3,(H,24,25,27). The number of sulfonamides is 1. The molecule has 7 nitrogen and oxygen atoms in total. The number of thiazole rings is 1. The maximum absolute atomic E-state index is 13.1. The van der Waals surface area contributed by atoms with E-state index in [1.807, 2.05) is 42.7 Å². The van der Waals surface area contributed by atoms with Gasteiger partial charge in [0.05, 0.1) is 15.5 Å². The van der Waals surface area contributed by atoms with E-state index in [4.69, 9.17) is 4.74 Å². The number of hydrogen-bond donors (Lipinski definition) is 1. The van der Waals surface area contributed by atoms with Gasteiger partial charge in [0.2, 0.25) is 15.9 Å². The van der Waals surface area contributed by atoms with Gasteiger partial charge in [-0.25, -0.2) is 13.4 Å². The third-order valence-corrected chi connectivity index (χ3v) is 9.77. The topological polar surface area (TPSA) is 88.6 Å². The van der Waals surface area contributed by atoms with Crippen LogP contribution in [0.15, 0.2) is 58.3 Å². The molecule has 2 aromatic carbocycles. The number of nitrogens with zero attached hydrogens (tertiary/aromatic N) is 2. The summed E-state index contributed by atoms with van der Waals surface area (Å²) in [5, 5.41) is 3.50. The number of carbonyl (C=O) groups is 1. The number of thioether (sulfide) groups is 1. The molecule has 33 heavy (non-hydrogen) atoms.